The zero-order valence-corrected chi connectivity index (χ0v) is 10.7. The van der Waals surface area contributed by atoms with Gasteiger partial charge in [0, 0.05) is 16.8 Å². The SMILES string of the molecule is CCc1cccc(C(=O)c2cc(C)ccc2N)c1. The van der Waals surface area contributed by atoms with Crippen molar-refractivity contribution in [3.8, 4) is 0 Å². The molecule has 0 aromatic heterocycles. The molecule has 2 heteroatoms. The Morgan fingerprint density at radius 3 is 2.67 bits per heavy atom. The molecule has 0 radical (unpaired) electrons. The monoisotopic (exact) mass is 239 g/mol. The number of rotatable bonds is 3. The first-order valence-corrected chi connectivity index (χ1v) is 6.11. The molecule has 2 aromatic carbocycles. The Morgan fingerprint density at radius 1 is 1.17 bits per heavy atom. The van der Waals surface area contributed by atoms with Crippen LogP contribution in [0.15, 0.2) is 42.5 Å². The lowest BCUT2D eigenvalue weighted by Crippen LogP contribution is -2.06. The molecule has 2 rings (SSSR count). The molecule has 18 heavy (non-hydrogen) atoms. The van der Waals surface area contributed by atoms with E-state index in [2.05, 4.69) is 6.92 Å². The largest absolute Gasteiger partial charge is 0.398 e. The van der Waals surface area contributed by atoms with Crippen LogP contribution in [0.4, 0.5) is 5.69 Å². The molecule has 0 unspecified atom stereocenters. The van der Waals surface area contributed by atoms with Crippen molar-refractivity contribution in [3.05, 3.63) is 64.7 Å². The maximum atomic E-state index is 12.4. The van der Waals surface area contributed by atoms with E-state index < -0.39 is 0 Å². The molecule has 2 N–H and O–H groups in total. The summed E-state index contributed by atoms with van der Waals surface area (Å²) in [7, 11) is 0. The Kier molecular flexibility index (Phi) is 3.47. The summed E-state index contributed by atoms with van der Waals surface area (Å²) in [6.45, 7) is 4.03. The van der Waals surface area contributed by atoms with Gasteiger partial charge in [0.25, 0.3) is 0 Å². The zero-order valence-electron chi connectivity index (χ0n) is 10.7. The molecule has 0 aliphatic heterocycles. The lowest BCUT2D eigenvalue weighted by atomic mass is 9.98. The highest BCUT2D eigenvalue weighted by atomic mass is 16.1. The van der Waals surface area contributed by atoms with E-state index in [9.17, 15) is 4.79 Å². The minimum absolute atomic E-state index is 0.00787. The third-order valence-corrected chi connectivity index (χ3v) is 3.05. The summed E-state index contributed by atoms with van der Waals surface area (Å²) in [4.78, 5) is 12.4. The molecule has 0 atom stereocenters. The molecule has 0 fully saturated rings. The summed E-state index contributed by atoms with van der Waals surface area (Å²) in [5.74, 6) is -0.00787. The van der Waals surface area contributed by atoms with Crippen molar-refractivity contribution in [3.63, 3.8) is 0 Å². The van der Waals surface area contributed by atoms with Crippen LogP contribution in [0.5, 0.6) is 0 Å². The second kappa shape index (κ2) is 5.05. The van der Waals surface area contributed by atoms with Crippen LogP contribution in [-0.2, 0) is 6.42 Å². The molecule has 0 saturated carbocycles. The summed E-state index contributed by atoms with van der Waals surface area (Å²) in [6.07, 6.45) is 0.921. The third-order valence-electron chi connectivity index (χ3n) is 3.05. The average molecular weight is 239 g/mol. The standard InChI is InChI=1S/C16H17NO/c1-3-12-5-4-6-13(10-12)16(18)14-9-11(2)7-8-15(14)17/h4-10H,3,17H2,1-2H3. The van der Waals surface area contributed by atoms with Gasteiger partial charge < -0.3 is 5.73 Å². The molecule has 0 aliphatic carbocycles. The number of hydrogen-bond donors (Lipinski definition) is 1. The molecular formula is C16H17NO. The highest BCUT2D eigenvalue weighted by Crippen LogP contribution is 2.19. The van der Waals surface area contributed by atoms with Gasteiger partial charge in [0.05, 0.1) is 0 Å². The molecule has 2 aromatic rings. The fourth-order valence-corrected chi connectivity index (χ4v) is 1.95. The van der Waals surface area contributed by atoms with Crippen molar-refractivity contribution in [2.45, 2.75) is 20.3 Å². The van der Waals surface area contributed by atoms with Gasteiger partial charge in [-0.15, -0.1) is 0 Å². The zero-order chi connectivity index (χ0) is 13.1. The first-order valence-electron chi connectivity index (χ1n) is 6.11. The van der Waals surface area contributed by atoms with Crippen molar-refractivity contribution in [2.24, 2.45) is 0 Å². The van der Waals surface area contributed by atoms with Crippen molar-refractivity contribution in [1.82, 2.24) is 0 Å². The van der Waals surface area contributed by atoms with E-state index >= 15 is 0 Å². The molecule has 0 amide bonds. The Labute approximate surface area is 107 Å². The predicted molar refractivity (Wildman–Crippen MR) is 74.8 cm³/mol. The van der Waals surface area contributed by atoms with E-state index in [0.717, 1.165) is 17.5 Å². The van der Waals surface area contributed by atoms with Crippen molar-refractivity contribution >= 4 is 11.5 Å². The molecule has 0 heterocycles. The number of anilines is 1. The topological polar surface area (TPSA) is 43.1 Å². The van der Waals surface area contributed by atoms with E-state index in [1.165, 1.54) is 0 Å². The second-order valence-corrected chi connectivity index (χ2v) is 4.47. The van der Waals surface area contributed by atoms with Gasteiger partial charge >= 0.3 is 0 Å². The molecule has 0 saturated heterocycles. The van der Waals surface area contributed by atoms with E-state index in [1.54, 1.807) is 6.07 Å². The minimum Gasteiger partial charge on any atom is -0.398 e. The summed E-state index contributed by atoms with van der Waals surface area (Å²) in [6, 6.07) is 13.2. The maximum absolute atomic E-state index is 12.4. The van der Waals surface area contributed by atoms with Crippen LogP contribution in [0.3, 0.4) is 0 Å². The molecule has 2 nitrogen and oxygen atoms in total. The second-order valence-electron chi connectivity index (χ2n) is 4.47. The number of ketones is 1. The number of nitrogens with two attached hydrogens (primary N) is 1. The lowest BCUT2D eigenvalue weighted by molar-refractivity contribution is 0.103. The van der Waals surface area contributed by atoms with Crippen LogP contribution in [-0.4, -0.2) is 5.78 Å². The fourth-order valence-electron chi connectivity index (χ4n) is 1.95. The normalized spacial score (nSPS) is 10.3. The van der Waals surface area contributed by atoms with Gasteiger partial charge in [0.15, 0.2) is 5.78 Å². The van der Waals surface area contributed by atoms with Gasteiger partial charge in [0.2, 0.25) is 0 Å². The van der Waals surface area contributed by atoms with Crippen LogP contribution in [0, 0.1) is 6.92 Å². The number of benzene rings is 2. The minimum atomic E-state index is -0.00787. The van der Waals surface area contributed by atoms with Gasteiger partial charge in [-0.3, -0.25) is 4.79 Å². The van der Waals surface area contributed by atoms with E-state index in [-0.39, 0.29) is 5.78 Å². The summed E-state index contributed by atoms with van der Waals surface area (Å²) in [5, 5.41) is 0. The maximum Gasteiger partial charge on any atom is 0.195 e. The molecule has 0 spiro atoms. The van der Waals surface area contributed by atoms with Gasteiger partial charge in [0.1, 0.15) is 0 Å². The lowest BCUT2D eigenvalue weighted by Gasteiger charge is -2.07. The number of nitrogen functional groups attached to an aromatic ring is 1. The number of hydrogen-bond acceptors (Lipinski definition) is 2. The third kappa shape index (κ3) is 2.43. The first-order chi connectivity index (χ1) is 8.61. The summed E-state index contributed by atoms with van der Waals surface area (Å²) >= 11 is 0. The van der Waals surface area contributed by atoms with Crippen LogP contribution in [0.25, 0.3) is 0 Å². The number of aryl methyl sites for hydroxylation is 2. The van der Waals surface area contributed by atoms with Crippen molar-refractivity contribution in [2.75, 3.05) is 5.73 Å². The van der Waals surface area contributed by atoms with Gasteiger partial charge in [-0.25, -0.2) is 0 Å². The van der Waals surface area contributed by atoms with Crippen LogP contribution in [0.1, 0.15) is 34.0 Å². The molecule has 92 valence electrons. The quantitative estimate of drug-likeness (QED) is 0.659. The summed E-state index contributed by atoms with van der Waals surface area (Å²) < 4.78 is 0. The molecular weight excluding hydrogens is 222 g/mol. The van der Waals surface area contributed by atoms with Gasteiger partial charge in [-0.05, 0) is 37.1 Å². The first kappa shape index (κ1) is 12.4. The van der Waals surface area contributed by atoms with Crippen molar-refractivity contribution < 1.29 is 4.79 Å². The highest BCUT2D eigenvalue weighted by molar-refractivity contribution is 6.12. The fraction of sp³-hybridized carbons (Fsp3) is 0.188. The Hall–Kier alpha value is -2.09. The van der Waals surface area contributed by atoms with E-state index in [4.69, 9.17) is 5.73 Å². The van der Waals surface area contributed by atoms with E-state index in [0.29, 0.717) is 16.8 Å². The van der Waals surface area contributed by atoms with Crippen LogP contribution in [0.2, 0.25) is 0 Å². The van der Waals surface area contributed by atoms with E-state index in [1.807, 2.05) is 43.3 Å². The smallest absolute Gasteiger partial charge is 0.195 e. The average Bonchev–Trinajstić information content (AvgIpc) is 2.41. The van der Waals surface area contributed by atoms with Gasteiger partial charge in [-0.1, -0.05) is 36.8 Å². The highest BCUT2D eigenvalue weighted by Gasteiger charge is 2.12. The predicted octanol–water partition coefficient (Wildman–Crippen LogP) is 3.37. The number of carbonyl (C=O) groups is 1. The molecule has 0 bridgehead atoms. The Balaban J connectivity index is 2.44. The van der Waals surface area contributed by atoms with Crippen molar-refractivity contribution in [1.29, 1.82) is 0 Å². The summed E-state index contributed by atoms with van der Waals surface area (Å²) in [5.41, 5.74) is 9.90. The number of carbonyl (C=O) groups excluding carboxylic acids is 1. The molecule has 0 aliphatic rings. The Bertz CT molecular complexity index is 587. The van der Waals surface area contributed by atoms with Crippen LogP contribution < -0.4 is 5.73 Å². The van der Waals surface area contributed by atoms with Crippen LogP contribution >= 0.6 is 0 Å². The van der Waals surface area contributed by atoms with Gasteiger partial charge in [-0.2, -0.15) is 0 Å². The Morgan fingerprint density at radius 2 is 1.94 bits per heavy atom.